The van der Waals surface area contributed by atoms with Gasteiger partial charge in [-0.15, -0.1) is 0 Å². The molecule has 1 N–H and O–H groups in total. The van der Waals surface area contributed by atoms with Gasteiger partial charge in [-0.2, -0.15) is 8.42 Å². The third-order valence-electron chi connectivity index (χ3n) is 10.5. The number of allylic oxidation sites excluding steroid dienone is 1. The molecule has 4 aliphatic carbocycles. The monoisotopic (exact) mass is 466 g/mol. The molecule has 3 fully saturated rings. The van der Waals surface area contributed by atoms with E-state index < -0.39 is 16.5 Å². The van der Waals surface area contributed by atoms with Gasteiger partial charge in [-0.1, -0.05) is 65.5 Å². The molecule has 0 aromatic carbocycles. The standard InChI is InChI=1S/C27H46O4S/c1-18(2)7-6-8-19(3)23-11-12-24-22-10-9-20-17-21(31-32(28,29)30)13-15-26(20,4)25(22)14-16-27(23,24)5/h9,18-19,21-25H,6-8,10-17H2,1-5H3,(H,28,29,30)/t19-,21+,22+,23-,24-,25+,26+,27-/m1/s1. The van der Waals surface area contributed by atoms with E-state index in [9.17, 15) is 8.42 Å². The third-order valence-corrected chi connectivity index (χ3v) is 11.0. The van der Waals surface area contributed by atoms with Crippen molar-refractivity contribution in [3.63, 3.8) is 0 Å². The van der Waals surface area contributed by atoms with Gasteiger partial charge in [-0.3, -0.25) is 4.55 Å². The minimum absolute atomic E-state index is 0.171. The summed E-state index contributed by atoms with van der Waals surface area (Å²) >= 11 is 0. The molecule has 4 rings (SSSR count). The average molecular weight is 467 g/mol. The van der Waals surface area contributed by atoms with Gasteiger partial charge in [-0.05, 0) is 97.7 Å². The fraction of sp³-hybridized carbons (Fsp3) is 0.926. The van der Waals surface area contributed by atoms with E-state index in [1.54, 1.807) is 0 Å². The molecule has 8 atom stereocenters. The van der Waals surface area contributed by atoms with E-state index >= 15 is 0 Å². The zero-order valence-electron chi connectivity index (χ0n) is 21.0. The molecule has 3 saturated carbocycles. The summed E-state index contributed by atoms with van der Waals surface area (Å²) in [6.45, 7) is 12.3. The molecule has 5 heteroatoms. The lowest BCUT2D eigenvalue weighted by atomic mass is 9.47. The summed E-state index contributed by atoms with van der Waals surface area (Å²) in [6.07, 6.45) is 15.1. The minimum atomic E-state index is -4.38. The van der Waals surface area contributed by atoms with Crippen LogP contribution in [0, 0.1) is 46.3 Å². The molecule has 0 aromatic heterocycles. The van der Waals surface area contributed by atoms with E-state index in [1.165, 1.54) is 50.5 Å². The highest BCUT2D eigenvalue weighted by Gasteiger charge is 2.59. The summed E-state index contributed by atoms with van der Waals surface area (Å²) < 4.78 is 36.6. The van der Waals surface area contributed by atoms with Crippen LogP contribution in [-0.4, -0.2) is 19.1 Å². The van der Waals surface area contributed by atoms with Gasteiger partial charge in [0.15, 0.2) is 0 Å². The van der Waals surface area contributed by atoms with Crippen molar-refractivity contribution in [2.45, 2.75) is 111 Å². The van der Waals surface area contributed by atoms with Crippen LogP contribution in [0.2, 0.25) is 0 Å². The molecule has 4 aliphatic rings. The second-order valence-corrected chi connectivity index (χ2v) is 13.7. The van der Waals surface area contributed by atoms with Crippen molar-refractivity contribution in [1.82, 2.24) is 0 Å². The van der Waals surface area contributed by atoms with Gasteiger partial charge in [0, 0.05) is 0 Å². The van der Waals surface area contributed by atoms with Crippen LogP contribution in [0.5, 0.6) is 0 Å². The van der Waals surface area contributed by atoms with Gasteiger partial charge in [0.05, 0.1) is 6.10 Å². The Balaban J connectivity index is 1.47. The van der Waals surface area contributed by atoms with Gasteiger partial charge in [-0.25, -0.2) is 4.18 Å². The Morgan fingerprint density at radius 2 is 1.81 bits per heavy atom. The molecule has 0 unspecified atom stereocenters. The number of rotatable bonds is 7. The van der Waals surface area contributed by atoms with Crippen LogP contribution in [-0.2, 0) is 14.6 Å². The molecule has 0 saturated heterocycles. The van der Waals surface area contributed by atoms with E-state index in [1.807, 2.05) is 0 Å². The molecule has 32 heavy (non-hydrogen) atoms. The molecule has 0 bridgehead atoms. The Bertz CT molecular complexity index is 818. The van der Waals surface area contributed by atoms with Crippen LogP contribution < -0.4 is 0 Å². The van der Waals surface area contributed by atoms with Crippen molar-refractivity contribution in [3.8, 4) is 0 Å². The zero-order valence-corrected chi connectivity index (χ0v) is 21.8. The quantitative estimate of drug-likeness (QED) is 0.318. The Morgan fingerprint density at radius 1 is 1.06 bits per heavy atom. The molecule has 0 radical (unpaired) electrons. The first-order valence-corrected chi connectivity index (χ1v) is 14.7. The number of hydrogen-bond donors (Lipinski definition) is 1. The summed E-state index contributed by atoms with van der Waals surface area (Å²) in [4.78, 5) is 0. The lowest BCUT2D eigenvalue weighted by molar-refractivity contribution is -0.0560. The minimum Gasteiger partial charge on any atom is -0.264 e. The summed E-state index contributed by atoms with van der Waals surface area (Å²) in [5.74, 6) is 4.83. The first-order valence-electron chi connectivity index (χ1n) is 13.3. The maximum Gasteiger partial charge on any atom is 0.397 e. The van der Waals surface area contributed by atoms with Crippen LogP contribution in [0.1, 0.15) is 105 Å². The average Bonchev–Trinajstić information content (AvgIpc) is 3.04. The Hall–Kier alpha value is -0.390. The largest absolute Gasteiger partial charge is 0.397 e. The second-order valence-electron chi connectivity index (χ2n) is 12.7. The zero-order chi connectivity index (χ0) is 23.3. The lowest BCUT2D eigenvalue weighted by Crippen LogP contribution is -2.51. The first-order chi connectivity index (χ1) is 14.9. The van der Waals surface area contributed by atoms with Gasteiger partial charge in [0.25, 0.3) is 0 Å². The van der Waals surface area contributed by atoms with Gasteiger partial charge >= 0.3 is 10.4 Å². The van der Waals surface area contributed by atoms with E-state index in [0.29, 0.717) is 24.2 Å². The molecule has 0 heterocycles. The van der Waals surface area contributed by atoms with Crippen LogP contribution >= 0.6 is 0 Å². The highest BCUT2D eigenvalue weighted by molar-refractivity contribution is 7.80. The predicted octanol–water partition coefficient (Wildman–Crippen LogP) is 7.22. The SMILES string of the molecule is CC(C)CCC[C@@H](C)[C@H]1CC[C@@H]2[C@@H]3CC=C4C[C@@H](OS(=O)(=O)O)CC[C@]4(C)[C@H]3CC[C@@]21C. The summed E-state index contributed by atoms with van der Waals surface area (Å²) in [5, 5.41) is 0. The highest BCUT2D eigenvalue weighted by atomic mass is 32.3. The van der Waals surface area contributed by atoms with Crippen LogP contribution in [0.25, 0.3) is 0 Å². The van der Waals surface area contributed by atoms with Crippen molar-refractivity contribution >= 4 is 10.4 Å². The molecule has 0 aromatic rings. The van der Waals surface area contributed by atoms with Crippen LogP contribution in [0.3, 0.4) is 0 Å². The van der Waals surface area contributed by atoms with Crippen molar-refractivity contribution in [2.24, 2.45) is 46.3 Å². The Morgan fingerprint density at radius 3 is 2.50 bits per heavy atom. The van der Waals surface area contributed by atoms with Crippen molar-refractivity contribution in [1.29, 1.82) is 0 Å². The molecule has 0 spiro atoms. The van der Waals surface area contributed by atoms with Crippen molar-refractivity contribution in [3.05, 3.63) is 11.6 Å². The highest BCUT2D eigenvalue weighted by Crippen LogP contribution is 2.67. The molecular weight excluding hydrogens is 420 g/mol. The molecular formula is C27H46O4S. The summed E-state index contributed by atoms with van der Waals surface area (Å²) in [6, 6.07) is 0. The molecule has 184 valence electrons. The van der Waals surface area contributed by atoms with Gasteiger partial charge < -0.3 is 0 Å². The Kier molecular flexibility index (Phi) is 6.95. The number of hydrogen-bond acceptors (Lipinski definition) is 3. The fourth-order valence-corrected chi connectivity index (χ4v) is 9.41. The normalized spacial score (nSPS) is 42.7. The molecule has 0 amide bonds. The predicted molar refractivity (Wildman–Crippen MR) is 129 cm³/mol. The fourth-order valence-electron chi connectivity index (χ4n) is 8.91. The maximum absolute atomic E-state index is 11.2. The number of fused-ring (bicyclic) bond motifs is 5. The summed E-state index contributed by atoms with van der Waals surface area (Å²) in [7, 11) is -4.38. The smallest absolute Gasteiger partial charge is 0.264 e. The topological polar surface area (TPSA) is 63.6 Å². The third kappa shape index (κ3) is 4.60. The second kappa shape index (κ2) is 9.00. The first kappa shape index (κ1) is 24.7. The molecule has 4 nitrogen and oxygen atoms in total. The van der Waals surface area contributed by atoms with Gasteiger partial charge in [0.2, 0.25) is 0 Å². The Labute approximate surface area is 196 Å². The van der Waals surface area contributed by atoms with Gasteiger partial charge in [0.1, 0.15) is 0 Å². The van der Waals surface area contributed by atoms with E-state index in [0.717, 1.165) is 42.4 Å². The van der Waals surface area contributed by atoms with Crippen molar-refractivity contribution < 1.29 is 17.2 Å². The van der Waals surface area contributed by atoms with Crippen molar-refractivity contribution in [2.75, 3.05) is 0 Å². The molecule has 0 aliphatic heterocycles. The van der Waals surface area contributed by atoms with Crippen LogP contribution in [0.15, 0.2) is 11.6 Å². The van der Waals surface area contributed by atoms with E-state index in [2.05, 4.69) is 40.7 Å². The maximum atomic E-state index is 11.2. The van der Waals surface area contributed by atoms with E-state index in [4.69, 9.17) is 8.74 Å². The van der Waals surface area contributed by atoms with E-state index in [-0.39, 0.29) is 5.41 Å². The van der Waals surface area contributed by atoms with Crippen LogP contribution in [0.4, 0.5) is 0 Å². The lowest BCUT2D eigenvalue weighted by Gasteiger charge is -2.58. The summed E-state index contributed by atoms with van der Waals surface area (Å²) in [5.41, 5.74) is 2.05.